The summed E-state index contributed by atoms with van der Waals surface area (Å²) in [4.78, 5) is 38.4. The smallest absolute Gasteiger partial charge is 0.312 e. The van der Waals surface area contributed by atoms with Crippen LogP contribution in [0.5, 0.6) is 0 Å². The van der Waals surface area contributed by atoms with Crippen molar-refractivity contribution >= 4 is 17.9 Å². The third kappa shape index (κ3) is 11.0. The van der Waals surface area contributed by atoms with E-state index in [4.69, 9.17) is 9.47 Å². The average molecular weight is 535 g/mol. The average Bonchev–Trinajstić information content (AvgIpc) is 3.22. The molecule has 6 nitrogen and oxygen atoms in total. The Morgan fingerprint density at radius 1 is 0.757 bits per heavy atom. The first-order valence-corrected chi connectivity index (χ1v) is 11.7. The largest absolute Gasteiger partial charge is 0.481 e. The van der Waals surface area contributed by atoms with Gasteiger partial charge in [-0.2, -0.15) is 0 Å². The van der Waals surface area contributed by atoms with Crippen LogP contribution in [-0.4, -0.2) is 34.7 Å². The van der Waals surface area contributed by atoms with Crippen molar-refractivity contribution in [3.8, 4) is 0 Å². The van der Waals surface area contributed by atoms with Gasteiger partial charge in [0.2, 0.25) is 0 Å². The highest BCUT2D eigenvalue weighted by molar-refractivity contribution is 5.82. The molecule has 5 unspecified atom stereocenters. The first kappa shape index (κ1) is 45.3. The lowest BCUT2D eigenvalue weighted by Crippen LogP contribution is -2.46. The maximum Gasteiger partial charge on any atom is 0.312 e. The summed E-state index contributed by atoms with van der Waals surface area (Å²) < 4.78 is 11.7. The number of ether oxygens (including phenoxy) is 2. The maximum atomic E-state index is 13.3. The highest BCUT2D eigenvalue weighted by atomic mass is 16.6. The molecule has 2 saturated carbocycles. The Morgan fingerprint density at radius 2 is 1.27 bits per heavy atom. The molecule has 2 rings (SSSR count). The number of hydrogen-bond acceptors (Lipinski definition) is 5. The van der Waals surface area contributed by atoms with Crippen LogP contribution in [0.4, 0.5) is 0 Å². The summed E-state index contributed by atoms with van der Waals surface area (Å²) in [6.07, 6.45) is 5.15. The maximum absolute atomic E-state index is 13.3. The minimum atomic E-state index is -1.15. The lowest BCUT2D eigenvalue weighted by atomic mass is 9.65. The number of esters is 2. The molecule has 2 bridgehead atoms. The quantitative estimate of drug-likeness (QED) is 0.296. The number of hydrogen-bond donors (Lipinski definition) is 1. The number of fused-ring (bicyclic) bond motifs is 2. The van der Waals surface area contributed by atoms with Crippen molar-refractivity contribution in [3.05, 3.63) is 0 Å². The molecule has 0 aromatic heterocycles. The molecule has 5 atom stereocenters. The lowest BCUT2D eigenvalue weighted by molar-refractivity contribution is -0.177. The minimum Gasteiger partial charge on any atom is -0.481 e. The van der Waals surface area contributed by atoms with E-state index in [1.54, 1.807) is 41.5 Å². The van der Waals surface area contributed by atoms with Gasteiger partial charge in [0.05, 0.1) is 16.2 Å². The molecule has 2 aliphatic rings. The number of carboxylic acids is 1. The topological polar surface area (TPSA) is 89.9 Å². The molecular weight excluding hydrogens is 468 g/mol. The fraction of sp³-hybridized carbons (Fsp3) is 0.903. The van der Waals surface area contributed by atoms with Crippen LogP contribution in [0.2, 0.25) is 0 Å². The van der Waals surface area contributed by atoms with Crippen molar-refractivity contribution in [2.75, 3.05) is 0 Å². The zero-order chi connectivity index (χ0) is 23.8. The molecule has 0 spiro atoms. The summed E-state index contributed by atoms with van der Waals surface area (Å²) in [5.41, 5.74) is -3.90. The summed E-state index contributed by atoms with van der Waals surface area (Å²) in [6, 6.07) is 0. The Balaban J connectivity index is -0.000000569. The molecule has 0 aromatic carbocycles. The van der Waals surface area contributed by atoms with Gasteiger partial charge in [-0.1, -0.05) is 51.5 Å². The normalized spacial score (nSPS) is 22.9. The van der Waals surface area contributed by atoms with Crippen molar-refractivity contribution in [2.24, 2.45) is 28.1 Å². The summed E-state index contributed by atoms with van der Waals surface area (Å²) in [5.74, 6) is -0.612. The Labute approximate surface area is 231 Å². The molecule has 1 N–H and O–H groups in total. The monoisotopic (exact) mass is 534 g/mol. The highest BCUT2D eigenvalue weighted by Gasteiger charge is 2.51. The SMILES string of the molecule is C.C.C.C.C.C.CCC(C)(CC(C)(CC(C)(C)C(=O)O)C(=O)OC(C)(C)C)C(=O)OC1CC2CCC1C2. The van der Waals surface area contributed by atoms with E-state index in [2.05, 4.69) is 0 Å². The second-order valence-corrected chi connectivity index (χ2v) is 12.1. The van der Waals surface area contributed by atoms with Gasteiger partial charge >= 0.3 is 17.9 Å². The van der Waals surface area contributed by atoms with Gasteiger partial charge in [0.25, 0.3) is 0 Å². The van der Waals surface area contributed by atoms with Gasteiger partial charge in [0.15, 0.2) is 0 Å². The van der Waals surface area contributed by atoms with Gasteiger partial charge in [-0.05, 0) is 105 Å². The number of rotatable bonds is 9. The van der Waals surface area contributed by atoms with Gasteiger partial charge in [0, 0.05) is 0 Å². The Hall–Kier alpha value is -1.59. The zero-order valence-electron chi connectivity index (χ0n) is 20.7. The van der Waals surface area contributed by atoms with Crippen LogP contribution in [-0.2, 0) is 23.9 Å². The summed E-state index contributed by atoms with van der Waals surface area (Å²) in [6.45, 7) is 14.1. The predicted octanol–water partition coefficient (Wildman–Crippen LogP) is 9.19. The van der Waals surface area contributed by atoms with Crippen molar-refractivity contribution in [1.82, 2.24) is 0 Å². The molecule has 0 aliphatic heterocycles. The second kappa shape index (κ2) is 15.7. The van der Waals surface area contributed by atoms with Crippen LogP contribution in [0.15, 0.2) is 0 Å². The Bertz CT molecular complexity index is 707. The number of carbonyl (C=O) groups is 3. The standard InChI is InChI=1S/C25H42O6.6CH4/c1-9-24(7,20(28)30-18-13-16-10-11-17(18)12-16)15-25(8,14-23(5,6)19(26)27)21(29)31-22(2,3)4;;;;;;/h16-18H,9-15H2,1-8H3,(H,26,27);6*1H4. The third-order valence-electron chi connectivity index (χ3n) is 7.29. The van der Waals surface area contributed by atoms with Crippen LogP contribution in [0.3, 0.4) is 0 Å². The molecule has 0 radical (unpaired) electrons. The molecule has 0 aromatic rings. The van der Waals surface area contributed by atoms with Crippen LogP contribution < -0.4 is 0 Å². The molecule has 0 saturated heterocycles. The van der Waals surface area contributed by atoms with Gasteiger partial charge in [0.1, 0.15) is 11.7 Å². The van der Waals surface area contributed by atoms with Gasteiger partial charge in [-0.3, -0.25) is 14.4 Å². The number of carboxylic acid groups (broad SMARTS) is 1. The van der Waals surface area contributed by atoms with E-state index in [-0.39, 0.29) is 69.5 Å². The lowest BCUT2D eigenvalue weighted by Gasteiger charge is -2.41. The zero-order valence-corrected chi connectivity index (χ0v) is 20.7. The Kier molecular flexibility index (Phi) is 19.3. The molecule has 2 fully saturated rings. The summed E-state index contributed by atoms with van der Waals surface area (Å²) in [5, 5.41) is 9.69. The first-order valence-electron chi connectivity index (χ1n) is 11.7. The number of carbonyl (C=O) groups excluding carboxylic acids is 2. The van der Waals surface area contributed by atoms with Crippen molar-refractivity contribution in [2.45, 2.75) is 157 Å². The summed E-state index contributed by atoms with van der Waals surface area (Å²) >= 11 is 0. The minimum absolute atomic E-state index is 0. The number of aliphatic carboxylic acids is 1. The fourth-order valence-corrected chi connectivity index (χ4v) is 5.47. The van der Waals surface area contributed by atoms with E-state index in [0.29, 0.717) is 18.3 Å². The second-order valence-electron chi connectivity index (χ2n) is 12.1. The predicted molar refractivity (Wildman–Crippen MR) is 159 cm³/mol. The molecular formula is C31H66O6. The summed E-state index contributed by atoms with van der Waals surface area (Å²) in [7, 11) is 0. The van der Waals surface area contributed by atoms with Gasteiger partial charge in [-0.15, -0.1) is 0 Å². The van der Waals surface area contributed by atoms with E-state index in [9.17, 15) is 19.5 Å². The van der Waals surface area contributed by atoms with Crippen LogP contribution in [0.1, 0.15) is 145 Å². The molecule has 2 aliphatic carbocycles. The molecule has 226 valence electrons. The van der Waals surface area contributed by atoms with Crippen molar-refractivity contribution in [3.63, 3.8) is 0 Å². The van der Waals surface area contributed by atoms with Crippen LogP contribution in [0.25, 0.3) is 0 Å². The van der Waals surface area contributed by atoms with Crippen LogP contribution >= 0.6 is 0 Å². The third-order valence-corrected chi connectivity index (χ3v) is 7.29. The van der Waals surface area contributed by atoms with Crippen molar-refractivity contribution < 1.29 is 29.0 Å². The fourth-order valence-electron chi connectivity index (χ4n) is 5.47. The van der Waals surface area contributed by atoms with E-state index in [0.717, 1.165) is 19.3 Å². The van der Waals surface area contributed by atoms with E-state index >= 15 is 0 Å². The van der Waals surface area contributed by atoms with Gasteiger partial charge in [-0.25, -0.2) is 0 Å². The van der Waals surface area contributed by atoms with E-state index < -0.39 is 33.8 Å². The first-order chi connectivity index (χ1) is 14.0. The highest BCUT2D eigenvalue weighted by Crippen LogP contribution is 2.49. The van der Waals surface area contributed by atoms with Gasteiger partial charge < -0.3 is 14.6 Å². The Morgan fingerprint density at radius 3 is 1.62 bits per heavy atom. The van der Waals surface area contributed by atoms with Crippen molar-refractivity contribution in [1.29, 1.82) is 0 Å². The van der Waals surface area contributed by atoms with E-state index in [1.165, 1.54) is 6.42 Å². The van der Waals surface area contributed by atoms with Crippen LogP contribution in [0, 0.1) is 28.1 Å². The molecule has 0 heterocycles. The van der Waals surface area contributed by atoms with E-state index in [1.807, 2.05) is 13.8 Å². The molecule has 0 amide bonds. The molecule has 37 heavy (non-hydrogen) atoms. The molecule has 6 heteroatoms.